The van der Waals surface area contributed by atoms with Gasteiger partial charge in [-0.1, -0.05) is 12.1 Å². The van der Waals surface area contributed by atoms with Gasteiger partial charge in [0.15, 0.2) is 11.5 Å². The van der Waals surface area contributed by atoms with Crippen molar-refractivity contribution in [3.05, 3.63) is 80.4 Å². The van der Waals surface area contributed by atoms with E-state index in [2.05, 4.69) is 32.6 Å². The molecular formula is C25H19IN2O8. The Morgan fingerprint density at radius 1 is 1.11 bits per heavy atom. The number of fused-ring (bicyclic) bond motifs is 1. The summed E-state index contributed by atoms with van der Waals surface area (Å²) in [6, 6.07) is 13.4. The average molecular weight is 602 g/mol. The van der Waals surface area contributed by atoms with Crippen molar-refractivity contribution in [3.8, 4) is 17.2 Å². The molecule has 0 aliphatic carbocycles. The molecule has 0 atom stereocenters. The highest BCUT2D eigenvalue weighted by atomic mass is 127. The summed E-state index contributed by atoms with van der Waals surface area (Å²) < 4.78 is 27.5. The Bertz CT molecular complexity index is 1400. The van der Waals surface area contributed by atoms with Crippen LogP contribution in [0.25, 0.3) is 6.08 Å². The summed E-state index contributed by atoms with van der Waals surface area (Å²) in [5.74, 6) is 1.21. The number of esters is 1. The van der Waals surface area contributed by atoms with E-state index in [1.54, 1.807) is 18.2 Å². The van der Waals surface area contributed by atoms with E-state index in [0.717, 1.165) is 14.0 Å². The lowest BCUT2D eigenvalue weighted by molar-refractivity contribution is -0.123. The van der Waals surface area contributed by atoms with Gasteiger partial charge < -0.3 is 28.7 Å². The number of furan rings is 1. The first-order chi connectivity index (χ1) is 17.4. The van der Waals surface area contributed by atoms with Crippen LogP contribution >= 0.6 is 22.6 Å². The number of carbonyl (C=O) groups excluding carboxylic acids is 3. The lowest BCUT2D eigenvalue weighted by Gasteiger charge is -2.10. The molecule has 10 nitrogen and oxygen atoms in total. The largest absolute Gasteiger partial charge is 0.488 e. The maximum Gasteiger partial charge on any atom is 0.373 e. The number of carbonyl (C=O) groups is 3. The molecule has 1 aromatic heterocycles. The number of urea groups is 1. The monoisotopic (exact) mass is 602 g/mol. The summed E-state index contributed by atoms with van der Waals surface area (Å²) in [4.78, 5) is 37.7. The lowest BCUT2D eigenvalue weighted by atomic mass is 10.2. The minimum atomic E-state index is -0.642. The smallest absolute Gasteiger partial charge is 0.373 e. The second-order valence-corrected chi connectivity index (χ2v) is 8.97. The van der Waals surface area contributed by atoms with Crippen LogP contribution in [0.4, 0.5) is 4.79 Å². The summed E-state index contributed by atoms with van der Waals surface area (Å²) in [6.45, 7) is 0.443. The van der Waals surface area contributed by atoms with Crippen LogP contribution in [-0.2, 0) is 22.7 Å². The fourth-order valence-electron chi connectivity index (χ4n) is 3.63. The number of hydrogen-bond acceptors (Lipinski definition) is 8. The predicted octanol–water partition coefficient (Wildman–Crippen LogP) is 4.07. The van der Waals surface area contributed by atoms with E-state index in [1.165, 1.54) is 19.2 Å². The highest BCUT2D eigenvalue weighted by Gasteiger charge is 2.34. The van der Waals surface area contributed by atoms with Crippen molar-refractivity contribution < 1.29 is 37.7 Å². The molecule has 36 heavy (non-hydrogen) atoms. The highest BCUT2D eigenvalue weighted by Crippen LogP contribution is 2.33. The molecular weight excluding hydrogens is 583 g/mol. The SMILES string of the molecule is COC(=O)c1ccc(CN2C(=O)N/C(=C\c3ccc(OCc4ccc5c(c4)OCO5)c(I)c3)C2=O)o1. The summed E-state index contributed by atoms with van der Waals surface area (Å²) >= 11 is 2.15. The number of hydrogen-bond donors (Lipinski definition) is 1. The molecule has 1 N–H and O–H groups in total. The summed E-state index contributed by atoms with van der Waals surface area (Å²) in [5, 5.41) is 2.57. The number of rotatable bonds is 7. The maximum absolute atomic E-state index is 12.8. The van der Waals surface area contributed by atoms with Crippen LogP contribution in [-0.4, -0.2) is 36.7 Å². The number of benzene rings is 2. The van der Waals surface area contributed by atoms with Crippen LogP contribution in [0, 0.1) is 3.57 Å². The first kappa shape index (κ1) is 23.7. The third-order valence-corrected chi connectivity index (χ3v) is 6.27. The number of ether oxygens (including phenoxy) is 4. The van der Waals surface area contributed by atoms with Crippen molar-refractivity contribution in [2.24, 2.45) is 0 Å². The maximum atomic E-state index is 12.8. The molecule has 3 heterocycles. The van der Waals surface area contributed by atoms with Gasteiger partial charge in [0.1, 0.15) is 23.8 Å². The Kier molecular flexibility index (Phi) is 6.55. The number of methoxy groups -OCH3 is 1. The molecule has 1 fully saturated rings. The standard InChI is InChI=1S/C25H19IN2O8/c1-32-24(30)21-7-4-16(36-21)11-28-23(29)18(27-25(28)31)9-14-2-5-19(17(26)8-14)33-12-15-3-6-20-22(10-15)35-13-34-20/h2-10H,11-13H2,1H3,(H,27,31)/b18-9-. The normalized spacial score (nSPS) is 15.4. The molecule has 2 aromatic carbocycles. The molecule has 3 amide bonds. The van der Waals surface area contributed by atoms with Crippen molar-refractivity contribution in [1.29, 1.82) is 0 Å². The number of nitrogens with one attached hydrogen (secondary N) is 1. The molecule has 2 aliphatic rings. The lowest BCUT2D eigenvalue weighted by Crippen LogP contribution is -2.30. The molecule has 0 unspecified atom stereocenters. The van der Waals surface area contributed by atoms with Gasteiger partial charge in [-0.15, -0.1) is 0 Å². The van der Waals surface area contributed by atoms with E-state index in [4.69, 9.17) is 18.6 Å². The van der Waals surface area contributed by atoms with E-state index in [0.29, 0.717) is 29.4 Å². The molecule has 0 spiro atoms. The second-order valence-electron chi connectivity index (χ2n) is 7.80. The van der Waals surface area contributed by atoms with Gasteiger partial charge in [0.05, 0.1) is 17.2 Å². The first-order valence-electron chi connectivity index (χ1n) is 10.7. The third kappa shape index (κ3) is 4.87. The van der Waals surface area contributed by atoms with E-state index < -0.39 is 17.9 Å². The molecule has 0 radical (unpaired) electrons. The van der Waals surface area contributed by atoms with E-state index in [-0.39, 0.29) is 30.6 Å². The van der Waals surface area contributed by atoms with Gasteiger partial charge in [0, 0.05) is 0 Å². The zero-order valence-electron chi connectivity index (χ0n) is 18.9. The number of amides is 3. The first-order valence-corrected chi connectivity index (χ1v) is 11.8. The fraction of sp³-hybridized carbons (Fsp3) is 0.160. The van der Waals surface area contributed by atoms with Gasteiger partial charge in [-0.3, -0.25) is 9.69 Å². The van der Waals surface area contributed by atoms with Gasteiger partial charge in [-0.05, 0) is 76.2 Å². The topological polar surface area (TPSA) is 117 Å². The zero-order chi connectivity index (χ0) is 25.2. The van der Waals surface area contributed by atoms with Crippen LogP contribution in [0.5, 0.6) is 17.2 Å². The van der Waals surface area contributed by atoms with E-state index in [1.807, 2.05) is 24.3 Å². The van der Waals surface area contributed by atoms with Crippen molar-refractivity contribution in [2.75, 3.05) is 13.9 Å². The molecule has 11 heteroatoms. The summed E-state index contributed by atoms with van der Waals surface area (Å²) in [6.07, 6.45) is 1.59. The quantitative estimate of drug-likeness (QED) is 0.186. The highest BCUT2D eigenvalue weighted by molar-refractivity contribution is 14.1. The average Bonchev–Trinajstić information content (AvgIpc) is 3.59. The van der Waals surface area contributed by atoms with E-state index >= 15 is 0 Å². The molecule has 1 saturated heterocycles. The fourth-order valence-corrected chi connectivity index (χ4v) is 4.32. The number of imide groups is 1. The third-order valence-electron chi connectivity index (χ3n) is 5.42. The minimum Gasteiger partial charge on any atom is -0.488 e. The number of nitrogens with zero attached hydrogens (tertiary/aromatic N) is 1. The van der Waals surface area contributed by atoms with Crippen LogP contribution < -0.4 is 19.5 Å². The van der Waals surface area contributed by atoms with Crippen molar-refractivity contribution in [3.63, 3.8) is 0 Å². The summed E-state index contributed by atoms with van der Waals surface area (Å²) in [7, 11) is 1.23. The van der Waals surface area contributed by atoms with Crippen LogP contribution in [0.1, 0.15) is 27.4 Å². The minimum absolute atomic E-state index is 0.00859. The summed E-state index contributed by atoms with van der Waals surface area (Å²) in [5.41, 5.74) is 1.78. The molecule has 5 rings (SSSR count). The Labute approximate surface area is 218 Å². The van der Waals surface area contributed by atoms with E-state index in [9.17, 15) is 14.4 Å². The van der Waals surface area contributed by atoms with Gasteiger partial charge >= 0.3 is 12.0 Å². The number of halogens is 1. The molecule has 2 aliphatic heterocycles. The van der Waals surface area contributed by atoms with Crippen molar-refractivity contribution in [1.82, 2.24) is 10.2 Å². The Morgan fingerprint density at radius 2 is 1.94 bits per heavy atom. The molecule has 0 bridgehead atoms. The van der Waals surface area contributed by atoms with Gasteiger partial charge in [-0.2, -0.15) is 0 Å². The predicted molar refractivity (Wildman–Crippen MR) is 133 cm³/mol. The Hall–Kier alpha value is -4.00. The van der Waals surface area contributed by atoms with Crippen molar-refractivity contribution >= 4 is 46.6 Å². The second kappa shape index (κ2) is 9.93. The van der Waals surface area contributed by atoms with Crippen LogP contribution in [0.15, 0.2) is 58.6 Å². The van der Waals surface area contributed by atoms with Gasteiger partial charge in [-0.25, -0.2) is 9.59 Å². The van der Waals surface area contributed by atoms with Gasteiger partial charge in [0.25, 0.3) is 5.91 Å². The van der Waals surface area contributed by atoms with Gasteiger partial charge in [0.2, 0.25) is 12.6 Å². The molecule has 184 valence electrons. The van der Waals surface area contributed by atoms with Crippen molar-refractivity contribution in [2.45, 2.75) is 13.2 Å². The zero-order valence-corrected chi connectivity index (χ0v) is 21.1. The Balaban J connectivity index is 1.24. The van der Waals surface area contributed by atoms with Crippen LogP contribution in [0.3, 0.4) is 0 Å². The van der Waals surface area contributed by atoms with Crippen LogP contribution in [0.2, 0.25) is 0 Å². The molecule has 3 aromatic rings. The molecule has 0 saturated carbocycles. The Morgan fingerprint density at radius 3 is 2.75 bits per heavy atom.